The molecule has 0 radical (unpaired) electrons. The Morgan fingerprint density at radius 1 is 1.75 bits per heavy atom. The number of hydrogen-bond donors (Lipinski definition) is 2. The molecule has 0 aromatic heterocycles. The van der Waals surface area contributed by atoms with Crippen LogP contribution in [0.3, 0.4) is 0 Å². The third-order valence-corrected chi connectivity index (χ3v) is 0.672. The van der Waals surface area contributed by atoms with Gasteiger partial charge in [0.15, 0.2) is 6.10 Å². The van der Waals surface area contributed by atoms with Gasteiger partial charge in [-0.15, -0.1) is 0 Å². The van der Waals surface area contributed by atoms with Gasteiger partial charge in [0.05, 0.1) is 0 Å². The van der Waals surface area contributed by atoms with Gasteiger partial charge < -0.3 is 10.2 Å². The van der Waals surface area contributed by atoms with E-state index in [1.807, 2.05) is 0 Å². The van der Waals surface area contributed by atoms with Gasteiger partial charge in [0, 0.05) is 0 Å². The normalized spacial score (nSPS) is 11.8. The fourth-order valence-electron chi connectivity index (χ4n) is 0.175. The minimum absolute atomic E-state index is 0. The zero-order valence-corrected chi connectivity index (χ0v) is 4.09. The Hall–Kier alpha value is 0.430. The molecule has 1 atom stereocenters. The van der Waals surface area contributed by atoms with Crippen molar-refractivity contribution in [1.82, 2.24) is 0 Å². The van der Waals surface area contributed by atoms with E-state index in [-0.39, 0.29) is 36.0 Å². The molecule has 0 heterocycles. The summed E-state index contributed by atoms with van der Waals surface area (Å²) in [5.74, 6) is -1.15. The Kier molecular flexibility index (Phi) is 7.83. The molecule has 0 aliphatic heterocycles. The minimum atomic E-state index is -1.18. The molecule has 0 unspecified atom stereocenters. The molecule has 0 fully saturated rings. The number of aliphatic hydroxyl groups is 1. The maximum atomic E-state index is 9.68. The van der Waals surface area contributed by atoms with Gasteiger partial charge in [0.25, 0.3) is 0 Å². The summed E-state index contributed by atoms with van der Waals surface area (Å²) in [6, 6.07) is 0. The Balaban J connectivity index is 0. The van der Waals surface area contributed by atoms with Crippen LogP contribution in [0.2, 0.25) is 0 Å². The van der Waals surface area contributed by atoms with Gasteiger partial charge in [-0.2, -0.15) is 0 Å². The molecular weight excluding hydrogens is 119 g/mol. The fourth-order valence-corrected chi connectivity index (χ4v) is 0.175. The van der Waals surface area contributed by atoms with Crippen molar-refractivity contribution in [3.05, 3.63) is 0 Å². The van der Waals surface area contributed by atoms with Crippen molar-refractivity contribution in [1.29, 1.82) is 0 Å². The van der Waals surface area contributed by atoms with Crippen LogP contribution >= 0.6 is 0 Å². The Morgan fingerprint density at radius 2 is 2.12 bits per heavy atom. The van der Waals surface area contributed by atoms with Crippen LogP contribution in [0, 0.1) is 0 Å². The summed E-state index contributed by atoms with van der Waals surface area (Å²) in [6.45, 7) is 1.61. The molecule has 3 nitrogen and oxygen atoms in total. The van der Waals surface area contributed by atoms with Crippen molar-refractivity contribution < 1.29 is 15.0 Å². The molecule has 0 rings (SSSR count). The van der Waals surface area contributed by atoms with E-state index in [1.165, 1.54) is 0 Å². The van der Waals surface area contributed by atoms with Crippen LogP contribution in [0.5, 0.6) is 0 Å². The molecule has 0 saturated heterocycles. The van der Waals surface area contributed by atoms with E-state index >= 15 is 0 Å². The molecule has 0 spiro atoms. The predicted molar refractivity (Wildman–Crippen MR) is 31.1 cm³/mol. The zero-order valence-electron chi connectivity index (χ0n) is 4.09. The van der Waals surface area contributed by atoms with Crippen LogP contribution in [-0.2, 0) is 4.79 Å². The van der Waals surface area contributed by atoms with Gasteiger partial charge >= 0.3 is 35.5 Å². The molecule has 0 aliphatic rings. The third kappa shape index (κ3) is 4.59. The first-order chi connectivity index (χ1) is 3.18. The molecular formula is C4H9NaO3. The summed E-state index contributed by atoms with van der Waals surface area (Å²) < 4.78 is 0. The number of rotatable bonds is 2. The number of aliphatic carboxylic acids is 1. The van der Waals surface area contributed by atoms with Gasteiger partial charge in [-0.25, -0.2) is 4.79 Å². The molecule has 0 amide bonds. The van der Waals surface area contributed by atoms with Crippen LogP contribution in [0.25, 0.3) is 0 Å². The second-order valence-corrected chi connectivity index (χ2v) is 1.26. The molecule has 0 aliphatic carbocycles. The molecule has 0 aromatic rings. The summed E-state index contributed by atoms with van der Waals surface area (Å²) in [7, 11) is 0. The molecule has 4 heteroatoms. The van der Waals surface area contributed by atoms with Crippen LogP contribution in [0.15, 0.2) is 0 Å². The summed E-state index contributed by atoms with van der Waals surface area (Å²) >= 11 is 0. The van der Waals surface area contributed by atoms with Crippen molar-refractivity contribution in [2.24, 2.45) is 0 Å². The second kappa shape index (κ2) is 5.56. The Bertz CT molecular complexity index is 73.7. The number of carboxylic acids is 1. The van der Waals surface area contributed by atoms with E-state index in [2.05, 4.69) is 0 Å². The first kappa shape index (κ1) is 11.3. The van der Waals surface area contributed by atoms with Crippen LogP contribution in [0.4, 0.5) is 0 Å². The zero-order chi connectivity index (χ0) is 5.86. The van der Waals surface area contributed by atoms with Crippen LogP contribution < -0.4 is 0 Å². The quantitative estimate of drug-likeness (QED) is 0.478. The van der Waals surface area contributed by atoms with Gasteiger partial charge in [-0.3, -0.25) is 0 Å². The first-order valence-electron chi connectivity index (χ1n) is 2.09. The average Bonchev–Trinajstić information content (AvgIpc) is 1.65. The van der Waals surface area contributed by atoms with Crippen molar-refractivity contribution in [3.63, 3.8) is 0 Å². The number of aliphatic hydroxyl groups excluding tert-OH is 1. The molecule has 0 aromatic carbocycles. The van der Waals surface area contributed by atoms with Gasteiger partial charge in [-0.05, 0) is 6.42 Å². The van der Waals surface area contributed by atoms with E-state index in [9.17, 15) is 4.79 Å². The number of hydrogen-bond acceptors (Lipinski definition) is 2. The maximum absolute atomic E-state index is 9.68. The van der Waals surface area contributed by atoms with Crippen molar-refractivity contribution >= 4 is 35.5 Å². The summed E-state index contributed by atoms with van der Waals surface area (Å²) in [5, 5.41) is 16.3. The number of carbonyl (C=O) groups is 1. The van der Waals surface area contributed by atoms with Crippen molar-refractivity contribution in [3.8, 4) is 0 Å². The summed E-state index contributed by atoms with van der Waals surface area (Å²) in [5.41, 5.74) is 0. The first-order valence-corrected chi connectivity index (χ1v) is 2.09. The molecule has 0 saturated carbocycles. The Labute approximate surface area is 70.0 Å². The fraction of sp³-hybridized carbons (Fsp3) is 0.750. The molecule has 8 heavy (non-hydrogen) atoms. The standard InChI is InChI=1S/C4H8O3.Na.H/c1-2-3(5)4(6)7;;/h3,5H,2H2,1H3,(H,6,7);;/t3-;;/m0../s1. The second-order valence-electron chi connectivity index (χ2n) is 1.26. The summed E-state index contributed by atoms with van der Waals surface area (Å²) in [4.78, 5) is 9.68. The van der Waals surface area contributed by atoms with E-state index < -0.39 is 12.1 Å². The molecule has 44 valence electrons. The van der Waals surface area contributed by atoms with E-state index in [1.54, 1.807) is 6.92 Å². The number of carboxylic acid groups (broad SMARTS) is 1. The van der Waals surface area contributed by atoms with E-state index in [4.69, 9.17) is 10.2 Å². The van der Waals surface area contributed by atoms with Crippen molar-refractivity contribution in [2.45, 2.75) is 19.4 Å². The van der Waals surface area contributed by atoms with Crippen LogP contribution in [-0.4, -0.2) is 51.8 Å². The van der Waals surface area contributed by atoms with Gasteiger partial charge in [-0.1, -0.05) is 6.92 Å². The van der Waals surface area contributed by atoms with Crippen molar-refractivity contribution in [2.75, 3.05) is 0 Å². The summed E-state index contributed by atoms with van der Waals surface area (Å²) in [6.07, 6.45) is -0.907. The molecule has 0 bridgehead atoms. The monoisotopic (exact) mass is 128 g/mol. The average molecular weight is 128 g/mol. The van der Waals surface area contributed by atoms with Gasteiger partial charge in [0.1, 0.15) is 0 Å². The third-order valence-electron chi connectivity index (χ3n) is 0.672. The SMILES string of the molecule is CC[C@H](O)C(=O)O.[NaH]. The van der Waals surface area contributed by atoms with E-state index in [0.717, 1.165) is 0 Å². The predicted octanol–water partition coefficient (Wildman–Crippen LogP) is -0.807. The molecule has 2 N–H and O–H groups in total. The van der Waals surface area contributed by atoms with Crippen LogP contribution in [0.1, 0.15) is 13.3 Å². The van der Waals surface area contributed by atoms with E-state index in [0.29, 0.717) is 0 Å². The topological polar surface area (TPSA) is 57.5 Å². The Morgan fingerprint density at radius 3 is 2.12 bits per heavy atom. The van der Waals surface area contributed by atoms with Gasteiger partial charge in [0.2, 0.25) is 0 Å².